The van der Waals surface area contributed by atoms with Crippen molar-refractivity contribution in [1.82, 2.24) is 19.8 Å². The molecule has 170 valence electrons. The zero-order chi connectivity index (χ0) is 22.8. The molecule has 2 aromatic rings. The molecule has 0 unspecified atom stereocenters. The number of imidazole rings is 1. The molecule has 1 N–H and O–H groups in total. The number of sulfone groups is 1. The Kier molecular flexibility index (Phi) is 7.31. The van der Waals surface area contributed by atoms with Gasteiger partial charge in [0.05, 0.1) is 24.2 Å². The lowest BCUT2D eigenvalue weighted by Crippen LogP contribution is -2.44. The molecule has 1 aliphatic carbocycles. The zero-order valence-electron chi connectivity index (χ0n) is 18.5. The average molecular weight is 467 g/mol. The Morgan fingerprint density at radius 2 is 2.00 bits per heavy atom. The predicted octanol–water partition coefficient (Wildman–Crippen LogP) is 4.25. The summed E-state index contributed by atoms with van der Waals surface area (Å²) in [5.74, 6) is 0.0365. The van der Waals surface area contributed by atoms with Crippen LogP contribution in [-0.4, -0.2) is 41.0 Å². The van der Waals surface area contributed by atoms with E-state index in [9.17, 15) is 13.2 Å². The van der Waals surface area contributed by atoms with Gasteiger partial charge in [0.25, 0.3) is 0 Å². The highest BCUT2D eigenvalue weighted by Crippen LogP contribution is 2.29. The van der Waals surface area contributed by atoms with Crippen molar-refractivity contribution in [2.75, 3.05) is 0 Å². The summed E-state index contributed by atoms with van der Waals surface area (Å²) >= 11 is 6.02. The summed E-state index contributed by atoms with van der Waals surface area (Å²) < 4.78 is 28.2. The predicted molar refractivity (Wildman–Crippen MR) is 122 cm³/mol. The van der Waals surface area contributed by atoms with Crippen LogP contribution in [0.3, 0.4) is 0 Å². The molecule has 1 aromatic carbocycles. The van der Waals surface area contributed by atoms with Gasteiger partial charge in [0.1, 0.15) is 0 Å². The lowest BCUT2D eigenvalue weighted by molar-refractivity contribution is 0.187. The molecule has 1 heterocycles. The first-order valence-electron chi connectivity index (χ1n) is 10.7. The second-order valence-corrected chi connectivity index (χ2v) is 11.2. The largest absolute Gasteiger partial charge is 0.336 e. The molecule has 1 aromatic heterocycles. The summed E-state index contributed by atoms with van der Waals surface area (Å²) in [5.41, 5.74) is 1.34. The van der Waals surface area contributed by atoms with Crippen LogP contribution in [0.25, 0.3) is 0 Å². The van der Waals surface area contributed by atoms with Crippen LogP contribution in [0, 0.1) is 5.92 Å². The third kappa shape index (κ3) is 6.23. The van der Waals surface area contributed by atoms with Gasteiger partial charge in [0.15, 0.2) is 0 Å². The van der Waals surface area contributed by atoms with Gasteiger partial charge in [-0.1, -0.05) is 37.6 Å². The Bertz CT molecular complexity index is 1030. The van der Waals surface area contributed by atoms with Crippen molar-refractivity contribution in [3.05, 3.63) is 46.7 Å². The number of benzene rings is 1. The van der Waals surface area contributed by atoms with Crippen molar-refractivity contribution in [3.63, 3.8) is 0 Å². The van der Waals surface area contributed by atoms with Crippen molar-refractivity contribution >= 4 is 27.5 Å². The maximum atomic E-state index is 13.2. The fourth-order valence-electron chi connectivity index (χ4n) is 3.49. The second-order valence-electron chi connectivity index (χ2n) is 8.89. The molecular weight excluding hydrogens is 436 g/mol. The van der Waals surface area contributed by atoms with Crippen molar-refractivity contribution in [3.8, 4) is 0 Å². The van der Waals surface area contributed by atoms with Gasteiger partial charge >= 0.3 is 6.03 Å². The summed E-state index contributed by atoms with van der Waals surface area (Å²) in [5, 5.41) is 3.48. The van der Waals surface area contributed by atoms with Crippen LogP contribution >= 0.6 is 11.6 Å². The van der Waals surface area contributed by atoms with E-state index in [1.807, 2.05) is 27.7 Å². The van der Waals surface area contributed by atoms with Gasteiger partial charge in [-0.05, 0) is 50.3 Å². The van der Waals surface area contributed by atoms with Crippen LogP contribution < -0.4 is 5.32 Å². The van der Waals surface area contributed by atoms with E-state index in [2.05, 4.69) is 10.3 Å². The van der Waals surface area contributed by atoms with Crippen LogP contribution in [0.5, 0.6) is 0 Å². The number of nitrogens with one attached hydrogen (secondary N) is 1. The minimum absolute atomic E-state index is 0.0305. The molecule has 31 heavy (non-hydrogen) atoms. The summed E-state index contributed by atoms with van der Waals surface area (Å²) in [7, 11) is -3.69. The van der Waals surface area contributed by atoms with Crippen molar-refractivity contribution in [1.29, 1.82) is 0 Å². The minimum Gasteiger partial charge on any atom is -0.336 e. The molecule has 0 spiro atoms. The molecule has 7 nitrogen and oxygen atoms in total. The van der Waals surface area contributed by atoms with Gasteiger partial charge in [-0.2, -0.15) is 0 Å². The molecular formula is C22H31ClN4O3S. The first kappa shape index (κ1) is 23.6. The number of carbonyl (C=O) groups excluding carboxylic acids is 1. The number of hydrogen-bond acceptors (Lipinski definition) is 4. The fourth-order valence-corrected chi connectivity index (χ4v) is 5.20. The van der Waals surface area contributed by atoms with Crippen LogP contribution in [0.2, 0.25) is 5.02 Å². The molecule has 3 rings (SSSR count). The SMILES string of the molecule is CC(C)Cn1c(CN(C(=O)NC(C)C)C2CC2)cnc1S(=O)(=O)Cc1cccc(Cl)c1. The van der Waals surface area contributed by atoms with Gasteiger partial charge in [-0.25, -0.2) is 18.2 Å². The molecule has 2 amide bonds. The van der Waals surface area contributed by atoms with Crippen LogP contribution in [0.1, 0.15) is 51.8 Å². The van der Waals surface area contributed by atoms with Crippen LogP contribution in [0.15, 0.2) is 35.6 Å². The second kappa shape index (κ2) is 9.61. The Labute approximate surface area is 189 Å². The molecule has 0 saturated heterocycles. The van der Waals surface area contributed by atoms with Gasteiger partial charge < -0.3 is 14.8 Å². The first-order valence-corrected chi connectivity index (χ1v) is 12.7. The Morgan fingerprint density at radius 3 is 2.58 bits per heavy atom. The monoisotopic (exact) mass is 466 g/mol. The number of halogens is 1. The normalized spacial score (nSPS) is 14.3. The van der Waals surface area contributed by atoms with Crippen molar-refractivity contribution in [2.24, 2.45) is 5.92 Å². The van der Waals surface area contributed by atoms with E-state index in [-0.39, 0.29) is 34.9 Å². The van der Waals surface area contributed by atoms with E-state index in [0.717, 1.165) is 18.5 Å². The van der Waals surface area contributed by atoms with Crippen molar-refractivity contribution < 1.29 is 13.2 Å². The highest BCUT2D eigenvalue weighted by Gasteiger charge is 2.34. The van der Waals surface area contributed by atoms with E-state index in [4.69, 9.17) is 11.6 Å². The smallest absolute Gasteiger partial charge is 0.318 e. The highest BCUT2D eigenvalue weighted by molar-refractivity contribution is 7.90. The molecule has 1 saturated carbocycles. The van der Waals surface area contributed by atoms with Gasteiger partial charge in [0, 0.05) is 23.7 Å². The number of hydrogen-bond donors (Lipinski definition) is 1. The third-order valence-electron chi connectivity index (χ3n) is 4.97. The van der Waals surface area contributed by atoms with Crippen LogP contribution in [0.4, 0.5) is 4.79 Å². The summed E-state index contributed by atoms with van der Waals surface area (Å²) in [6.07, 6.45) is 3.51. The third-order valence-corrected chi connectivity index (χ3v) is 6.80. The highest BCUT2D eigenvalue weighted by atomic mass is 35.5. The molecule has 9 heteroatoms. The van der Waals surface area contributed by atoms with E-state index in [1.165, 1.54) is 0 Å². The Morgan fingerprint density at radius 1 is 1.29 bits per heavy atom. The molecule has 1 fully saturated rings. The summed E-state index contributed by atoms with van der Waals surface area (Å²) in [4.78, 5) is 18.8. The molecule has 0 atom stereocenters. The number of aromatic nitrogens is 2. The zero-order valence-corrected chi connectivity index (χ0v) is 20.1. The first-order chi connectivity index (χ1) is 14.6. The molecule has 0 aliphatic heterocycles. The van der Waals surface area contributed by atoms with E-state index in [1.54, 1.807) is 39.9 Å². The fraction of sp³-hybridized carbons (Fsp3) is 0.545. The Hall–Kier alpha value is -2.06. The van der Waals surface area contributed by atoms with E-state index >= 15 is 0 Å². The maximum absolute atomic E-state index is 13.2. The number of urea groups is 1. The van der Waals surface area contributed by atoms with Crippen molar-refractivity contribution in [2.45, 2.75) is 76.6 Å². The van der Waals surface area contributed by atoms with Crippen LogP contribution in [-0.2, 0) is 28.7 Å². The lowest BCUT2D eigenvalue weighted by Gasteiger charge is -2.25. The maximum Gasteiger partial charge on any atom is 0.318 e. The van der Waals surface area contributed by atoms with Gasteiger partial charge in [0.2, 0.25) is 15.0 Å². The molecule has 0 radical (unpaired) electrons. The van der Waals surface area contributed by atoms with E-state index < -0.39 is 9.84 Å². The number of rotatable bonds is 9. The lowest BCUT2D eigenvalue weighted by atomic mass is 10.2. The van der Waals surface area contributed by atoms with Gasteiger partial charge in [-0.3, -0.25) is 0 Å². The number of amides is 2. The topological polar surface area (TPSA) is 84.3 Å². The summed E-state index contributed by atoms with van der Waals surface area (Å²) in [6.45, 7) is 8.74. The Balaban J connectivity index is 1.91. The number of carbonyl (C=O) groups is 1. The minimum atomic E-state index is -3.69. The quantitative estimate of drug-likeness (QED) is 0.598. The average Bonchev–Trinajstić information content (AvgIpc) is 3.40. The molecule has 1 aliphatic rings. The standard InChI is InChI=1S/C22H31ClN4O3S/c1-15(2)12-27-20(13-26(19-8-9-19)21(28)25-16(3)4)11-24-22(27)31(29,30)14-17-6-5-7-18(23)10-17/h5-7,10-11,15-16,19H,8-9,12-14H2,1-4H3,(H,25,28). The molecule has 0 bridgehead atoms. The van der Waals surface area contributed by atoms with E-state index in [0.29, 0.717) is 23.7 Å². The number of nitrogens with zero attached hydrogens (tertiary/aromatic N) is 3. The van der Waals surface area contributed by atoms with Gasteiger partial charge in [-0.15, -0.1) is 0 Å². The summed E-state index contributed by atoms with van der Waals surface area (Å²) in [6, 6.07) is 6.93.